The third-order valence-corrected chi connectivity index (χ3v) is 2.53. The minimum atomic E-state index is 0.420. The van der Waals surface area contributed by atoms with Crippen molar-refractivity contribution in [2.45, 2.75) is 25.8 Å². The summed E-state index contributed by atoms with van der Waals surface area (Å²) < 4.78 is 0. The van der Waals surface area contributed by atoms with Gasteiger partial charge in [-0.15, -0.1) is 0 Å². The SMILES string of the molecule is CNc1cc(C2CCCN2)nc(C)n1. The van der Waals surface area contributed by atoms with Crippen LogP contribution in [0.1, 0.15) is 30.4 Å². The van der Waals surface area contributed by atoms with Crippen LogP contribution in [-0.4, -0.2) is 23.6 Å². The molecule has 4 nitrogen and oxygen atoms in total. The van der Waals surface area contributed by atoms with Gasteiger partial charge in [-0.2, -0.15) is 0 Å². The molecule has 4 heteroatoms. The second-order valence-corrected chi connectivity index (χ2v) is 3.62. The maximum absolute atomic E-state index is 4.45. The van der Waals surface area contributed by atoms with E-state index in [1.54, 1.807) is 0 Å². The van der Waals surface area contributed by atoms with Crippen LogP contribution in [0.4, 0.5) is 5.82 Å². The van der Waals surface area contributed by atoms with E-state index in [0.29, 0.717) is 6.04 Å². The van der Waals surface area contributed by atoms with Crippen LogP contribution < -0.4 is 10.6 Å². The van der Waals surface area contributed by atoms with E-state index < -0.39 is 0 Å². The highest BCUT2D eigenvalue weighted by atomic mass is 15.0. The van der Waals surface area contributed by atoms with Gasteiger partial charge in [-0.25, -0.2) is 9.97 Å². The Hall–Kier alpha value is -1.16. The van der Waals surface area contributed by atoms with Crippen molar-refractivity contribution >= 4 is 5.82 Å². The van der Waals surface area contributed by atoms with Gasteiger partial charge in [-0.1, -0.05) is 0 Å². The third-order valence-electron chi connectivity index (χ3n) is 2.53. The monoisotopic (exact) mass is 192 g/mol. The number of rotatable bonds is 2. The van der Waals surface area contributed by atoms with E-state index in [1.165, 1.54) is 12.8 Å². The largest absolute Gasteiger partial charge is 0.373 e. The average Bonchev–Trinajstić information content (AvgIpc) is 2.69. The van der Waals surface area contributed by atoms with Crippen LogP contribution in [-0.2, 0) is 0 Å². The molecule has 0 aliphatic carbocycles. The van der Waals surface area contributed by atoms with Gasteiger partial charge in [0.2, 0.25) is 0 Å². The molecule has 1 aromatic rings. The Balaban J connectivity index is 2.27. The van der Waals surface area contributed by atoms with Crippen molar-refractivity contribution in [2.24, 2.45) is 0 Å². The number of aryl methyl sites for hydroxylation is 1. The summed E-state index contributed by atoms with van der Waals surface area (Å²) in [5, 5.41) is 6.49. The summed E-state index contributed by atoms with van der Waals surface area (Å²) in [6.07, 6.45) is 2.42. The first kappa shape index (κ1) is 9.40. The molecule has 1 saturated heterocycles. The third kappa shape index (κ3) is 1.85. The predicted octanol–water partition coefficient (Wildman–Crippen LogP) is 1.25. The first-order valence-electron chi connectivity index (χ1n) is 5.06. The Morgan fingerprint density at radius 1 is 1.50 bits per heavy atom. The van der Waals surface area contributed by atoms with Gasteiger partial charge in [0.25, 0.3) is 0 Å². The predicted molar refractivity (Wildman–Crippen MR) is 56.3 cm³/mol. The number of hydrogen-bond donors (Lipinski definition) is 2. The first-order chi connectivity index (χ1) is 6.79. The Kier molecular flexibility index (Phi) is 2.63. The molecule has 76 valence electrons. The zero-order chi connectivity index (χ0) is 9.97. The molecule has 0 bridgehead atoms. The molecule has 1 aromatic heterocycles. The van der Waals surface area contributed by atoms with Crippen LogP contribution in [0.25, 0.3) is 0 Å². The lowest BCUT2D eigenvalue weighted by molar-refractivity contribution is 0.623. The number of nitrogens with zero attached hydrogens (tertiary/aromatic N) is 2. The van der Waals surface area contributed by atoms with Gasteiger partial charge in [-0.3, -0.25) is 0 Å². The molecule has 2 N–H and O–H groups in total. The Morgan fingerprint density at radius 3 is 3.00 bits per heavy atom. The van der Waals surface area contributed by atoms with Crippen molar-refractivity contribution < 1.29 is 0 Å². The molecule has 1 atom stereocenters. The molecule has 2 rings (SSSR count). The molecule has 14 heavy (non-hydrogen) atoms. The second kappa shape index (κ2) is 3.92. The second-order valence-electron chi connectivity index (χ2n) is 3.62. The zero-order valence-corrected chi connectivity index (χ0v) is 8.67. The van der Waals surface area contributed by atoms with Gasteiger partial charge in [0.05, 0.1) is 5.69 Å². The molecule has 1 aliphatic rings. The van der Waals surface area contributed by atoms with Crippen molar-refractivity contribution in [1.82, 2.24) is 15.3 Å². The van der Waals surface area contributed by atoms with E-state index in [-0.39, 0.29) is 0 Å². The topological polar surface area (TPSA) is 49.8 Å². The number of anilines is 1. The smallest absolute Gasteiger partial charge is 0.129 e. The van der Waals surface area contributed by atoms with E-state index in [9.17, 15) is 0 Å². The van der Waals surface area contributed by atoms with Crippen LogP contribution in [0.15, 0.2) is 6.07 Å². The van der Waals surface area contributed by atoms with E-state index in [1.807, 2.05) is 20.0 Å². The summed E-state index contributed by atoms with van der Waals surface area (Å²) in [5.41, 5.74) is 1.11. The summed E-state index contributed by atoms with van der Waals surface area (Å²) in [4.78, 5) is 8.72. The van der Waals surface area contributed by atoms with E-state index in [4.69, 9.17) is 0 Å². The van der Waals surface area contributed by atoms with E-state index >= 15 is 0 Å². The normalized spacial score (nSPS) is 21.1. The van der Waals surface area contributed by atoms with Gasteiger partial charge < -0.3 is 10.6 Å². The minimum Gasteiger partial charge on any atom is -0.373 e. The molecule has 0 aromatic carbocycles. The van der Waals surface area contributed by atoms with Gasteiger partial charge in [-0.05, 0) is 26.3 Å². The maximum Gasteiger partial charge on any atom is 0.129 e. The van der Waals surface area contributed by atoms with Crippen LogP contribution in [0.5, 0.6) is 0 Å². The van der Waals surface area contributed by atoms with Gasteiger partial charge in [0, 0.05) is 19.2 Å². The minimum absolute atomic E-state index is 0.420. The summed E-state index contributed by atoms with van der Waals surface area (Å²) in [6, 6.07) is 2.44. The van der Waals surface area contributed by atoms with Gasteiger partial charge >= 0.3 is 0 Å². The van der Waals surface area contributed by atoms with Crippen molar-refractivity contribution in [1.29, 1.82) is 0 Å². The quantitative estimate of drug-likeness (QED) is 0.740. The molecule has 1 fully saturated rings. The highest BCUT2D eigenvalue weighted by Gasteiger charge is 2.18. The Bertz CT molecular complexity index is 318. The molecule has 1 unspecified atom stereocenters. The van der Waals surface area contributed by atoms with E-state index in [0.717, 1.165) is 23.9 Å². The fourth-order valence-corrected chi connectivity index (χ4v) is 1.83. The molecule has 1 aliphatic heterocycles. The summed E-state index contributed by atoms with van der Waals surface area (Å²) >= 11 is 0. The summed E-state index contributed by atoms with van der Waals surface area (Å²) in [6.45, 7) is 3.03. The molecule has 0 radical (unpaired) electrons. The molecule has 0 amide bonds. The van der Waals surface area contributed by atoms with Crippen molar-refractivity contribution in [3.63, 3.8) is 0 Å². The van der Waals surface area contributed by atoms with Gasteiger partial charge in [0.1, 0.15) is 11.6 Å². The summed E-state index contributed by atoms with van der Waals surface area (Å²) in [7, 11) is 1.88. The number of aromatic nitrogens is 2. The standard InChI is InChI=1S/C10H16N4/c1-7-13-9(6-10(11-2)14-7)8-4-3-5-12-8/h6,8,12H,3-5H2,1-2H3,(H,11,13,14). The lowest BCUT2D eigenvalue weighted by Gasteiger charge is -2.11. The zero-order valence-electron chi connectivity index (χ0n) is 8.67. The molecular formula is C10H16N4. The Labute approximate surface area is 84.2 Å². The van der Waals surface area contributed by atoms with Crippen LogP contribution in [0, 0.1) is 6.92 Å². The van der Waals surface area contributed by atoms with E-state index in [2.05, 4.69) is 20.6 Å². The fourth-order valence-electron chi connectivity index (χ4n) is 1.83. The molecule has 2 heterocycles. The van der Waals surface area contributed by atoms with Crippen molar-refractivity contribution in [3.8, 4) is 0 Å². The van der Waals surface area contributed by atoms with Crippen LogP contribution in [0.3, 0.4) is 0 Å². The molecule has 0 spiro atoms. The Morgan fingerprint density at radius 2 is 2.36 bits per heavy atom. The highest BCUT2D eigenvalue weighted by molar-refractivity contribution is 5.36. The van der Waals surface area contributed by atoms with Crippen molar-refractivity contribution in [3.05, 3.63) is 17.6 Å². The van der Waals surface area contributed by atoms with Crippen LogP contribution >= 0.6 is 0 Å². The number of nitrogens with one attached hydrogen (secondary N) is 2. The molecule has 0 saturated carbocycles. The lowest BCUT2D eigenvalue weighted by Crippen LogP contribution is -2.15. The fraction of sp³-hybridized carbons (Fsp3) is 0.600. The van der Waals surface area contributed by atoms with Gasteiger partial charge in [0.15, 0.2) is 0 Å². The average molecular weight is 192 g/mol. The highest BCUT2D eigenvalue weighted by Crippen LogP contribution is 2.22. The van der Waals surface area contributed by atoms with Crippen LogP contribution in [0.2, 0.25) is 0 Å². The van der Waals surface area contributed by atoms with Crippen molar-refractivity contribution in [2.75, 3.05) is 18.9 Å². The molecular weight excluding hydrogens is 176 g/mol. The number of hydrogen-bond acceptors (Lipinski definition) is 4. The summed E-state index contributed by atoms with van der Waals surface area (Å²) in [5.74, 6) is 1.74. The first-order valence-corrected chi connectivity index (χ1v) is 5.06. The lowest BCUT2D eigenvalue weighted by atomic mass is 10.1. The maximum atomic E-state index is 4.45.